The Morgan fingerprint density at radius 2 is 2.05 bits per heavy atom. The molecule has 4 nitrogen and oxygen atoms in total. The second-order valence-corrected chi connectivity index (χ2v) is 6.43. The second-order valence-electron chi connectivity index (χ2n) is 6.43. The molecule has 110 valence electrons. The van der Waals surface area contributed by atoms with Gasteiger partial charge in [-0.2, -0.15) is 0 Å². The standard InChI is InChI=1S/C16H25N3O/c1-12-10-13(2)19(11-12)16(20)15-4-3-9-18(15)14-5-7-17-8-6-14/h3-4,9,12-14,17H,5-8,10-11H2,1-2H3. The molecule has 1 aromatic heterocycles. The third kappa shape index (κ3) is 2.49. The Kier molecular flexibility index (Phi) is 3.83. The number of hydrogen-bond acceptors (Lipinski definition) is 2. The van der Waals surface area contributed by atoms with Gasteiger partial charge in [0, 0.05) is 24.8 Å². The van der Waals surface area contributed by atoms with Gasteiger partial charge in [0.2, 0.25) is 0 Å². The molecule has 2 unspecified atom stereocenters. The molecule has 2 atom stereocenters. The number of nitrogens with zero attached hydrogens (tertiary/aromatic N) is 2. The van der Waals surface area contributed by atoms with Crippen LogP contribution in [0.2, 0.25) is 0 Å². The summed E-state index contributed by atoms with van der Waals surface area (Å²) in [4.78, 5) is 14.9. The van der Waals surface area contributed by atoms with Crippen molar-refractivity contribution in [3.8, 4) is 0 Å². The molecule has 2 aliphatic rings. The first-order valence-electron chi connectivity index (χ1n) is 7.85. The Labute approximate surface area is 121 Å². The number of nitrogens with one attached hydrogen (secondary N) is 1. The number of amides is 1. The molecule has 0 saturated carbocycles. The molecule has 0 bridgehead atoms. The number of rotatable bonds is 2. The Balaban J connectivity index is 1.80. The van der Waals surface area contributed by atoms with E-state index in [0.717, 1.165) is 44.6 Å². The van der Waals surface area contributed by atoms with Gasteiger partial charge in [0.1, 0.15) is 5.69 Å². The van der Waals surface area contributed by atoms with E-state index in [1.807, 2.05) is 12.1 Å². The summed E-state index contributed by atoms with van der Waals surface area (Å²) in [6.07, 6.45) is 5.43. The molecule has 2 aliphatic heterocycles. The van der Waals surface area contributed by atoms with E-state index < -0.39 is 0 Å². The molecule has 3 heterocycles. The number of likely N-dealkylation sites (tertiary alicyclic amines) is 1. The van der Waals surface area contributed by atoms with Crippen molar-refractivity contribution >= 4 is 5.91 Å². The quantitative estimate of drug-likeness (QED) is 0.899. The van der Waals surface area contributed by atoms with Crippen molar-refractivity contribution < 1.29 is 4.79 Å². The highest BCUT2D eigenvalue weighted by Crippen LogP contribution is 2.27. The van der Waals surface area contributed by atoms with Gasteiger partial charge < -0.3 is 14.8 Å². The van der Waals surface area contributed by atoms with E-state index in [1.165, 1.54) is 0 Å². The first kappa shape index (κ1) is 13.7. The topological polar surface area (TPSA) is 37.3 Å². The van der Waals surface area contributed by atoms with Crippen LogP contribution in [0.1, 0.15) is 49.6 Å². The van der Waals surface area contributed by atoms with Gasteiger partial charge in [0.25, 0.3) is 5.91 Å². The molecule has 0 radical (unpaired) electrons. The fourth-order valence-corrected chi connectivity index (χ4v) is 3.71. The van der Waals surface area contributed by atoms with E-state index in [0.29, 0.717) is 18.0 Å². The number of carbonyl (C=O) groups is 1. The van der Waals surface area contributed by atoms with E-state index in [4.69, 9.17) is 0 Å². The van der Waals surface area contributed by atoms with Gasteiger partial charge in [0.05, 0.1) is 0 Å². The van der Waals surface area contributed by atoms with Crippen LogP contribution in [-0.2, 0) is 0 Å². The van der Waals surface area contributed by atoms with Crippen LogP contribution in [0.25, 0.3) is 0 Å². The third-order valence-electron chi connectivity index (χ3n) is 4.74. The van der Waals surface area contributed by atoms with Gasteiger partial charge in [-0.15, -0.1) is 0 Å². The fourth-order valence-electron chi connectivity index (χ4n) is 3.71. The first-order valence-corrected chi connectivity index (χ1v) is 7.85. The van der Waals surface area contributed by atoms with E-state index >= 15 is 0 Å². The molecule has 1 amide bonds. The van der Waals surface area contributed by atoms with Crippen molar-refractivity contribution in [2.24, 2.45) is 5.92 Å². The minimum atomic E-state index is 0.213. The summed E-state index contributed by atoms with van der Waals surface area (Å²) in [5, 5.41) is 3.38. The zero-order valence-corrected chi connectivity index (χ0v) is 12.5. The lowest BCUT2D eigenvalue weighted by Gasteiger charge is -2.28. The lowest BCUT2D eigenvalue weighted by molar-refractivity contribution is 0.0729. The highest BCUT2D eigenvalue weighted by atomic mass is 16.2. The van der Waals surface area contributed by atoms with E-state index in [9.17, 15) is 4.79 Å². The molecule has 3 rings (SSSR count). The highest BCUT2D eigenvalue weighted by molar-refractivity contribution is 5.93. The van der Waals surface area contributed by atoms with Crippen LogP contribution in [0.4, 0.5) is 0 Å². The fraction of sp³-hybridized carbons (Fsp3) is 0.688. The molecule has 2 saturated heterocycles. The normalized spacial score (nSPS) is 28.0. The van der Waals surface area contributed by atoms with Gasteiger partial charge in [-0.05, 0) is 57.3 Å². The summed E-state index contributed by atoms with van der Waals surface area (Å²) < 4.78 is 2.21. The maximum Gasteiger partial charge on any atom is 0.270 e. The summed E-state index contributed by atoms with van der Waals surface area (Å²) in [7, 11) is 0. The highest BCUT2D eigenvalue weighted by Gasteiger charge is 2.32. The lowest BCUT2D eigenvalue weighted by Crippen LogP contribution is -2.37. The summed E-state index contributed by atoms with van der Waals surface area (Å²) in [6, 6.07) is 4.84. The molecule has 1 aromatic rings. The molecule has 0 aromatic carbocycles. The molecule has 4 heteroatoms. The maximum atomic E-state index is 12.8. The van der Waals surface area contributed by atoms with Crippen LogP contribution in [0.5, 0.6) is 0 Å². The molecular formula is C16H25N3O. The molecule has 20 heavy (non-hydrogen) atoms. The Hall–Kier alpha value is -1.29. The Morgan fingerprint density at radius 3 is 2.70 bits per heavy atom. The second kappa shape index (κ2) is 5.60. The van der Waals surface area contributed by atoms with Crippen molar-refractivity contribution in [2.75, 3.05) is 19.6 Å². The van der Waals surface area contributed by atoms with Crippen molar-refractivity contribution in [1.82, 2.24) is 14.8 Å². The van der Waals surface area contributed by atoms with E-state index in [-0.39, 0.29) is 5.91 Å². The number of piperidine rings is 1. The first-order chi connectivity index (χ1) is 9.66. The van der Waals surface area contributed by atoms with Crippen LogP contribution in [0.3, 0.4) is 0 Å². The molecule has 0 aliphatic carbocycles. The van der Waals surface area contributed by atoms with Crippen LogP contribution < -0.4 is 5.32 Å². The van der Waals surface area contributed by atoms with Crippen molar-refractivity contribution in [2.45, 2.75) is 45.2 Å². The van der Waals surface area contributed by atoms with Crippen LogP contribution in [-0.4, -0.2) is 41.1 Å². The minimum absolute atomic E-state index is 0.213. The van der Waals surface area contributed by atoms with Gasteiger partial charge >= 0.3 is 0 Å². The minimum Gasteiger partial charge on any atom is -0.340 e. The summed E-state index contributed by atoms with van der Waals surface area (Å²) in [5.41, 5.74) is 0.873. The van der Waals surface area contributed by atoms with Crippen molar-refractivity contribution in [3.63, 3.8) is 0 Å². The molecule has 2 fully saturated rings. The SMILES string of the molecule is CC1CC(C)N(C(=O)c2cccn2C2CCNCC2)C1. The van der Waals surface area contributed by atoms with Gasteiger partial charge in [0.15, 0.2) is 0 Å². The third-order valence-corrected chi connectivity index (χ3v) is 4.74. The number of carbonyl (C=O) groups excluding carboxylic acids is 1. The summed E-state index contributed by atoms with van der Waals surface area (Å²) in [6.45, 7) is 7.40. The predicted molar refractivity (Wildman–Crippen MR) is 79.9 cm³/mol. The number of aromatic nitrogens is 1. The van der Waals surface area contributed by atoms with Crippen LogP contribution in [0.15, 0.2) is 18.3 Å². The van der Waals surface area contributed by atoms with Crippen LogP contribution >= 0.6 is 0 Å². The summed E-state index contributed by atoms with van der Waals surface area (Å²) >= 11 is 0. The Morgan fingerprint density at radius 1 is 1.30 bits per heavy atom. The average molecular weight is 275 g/mol. The lowest BCUT2D eigenvalue weighted by atomic mass is 10.1. The monoisotopic (exact) mass is 275 g/mol. The maximum absolute atomic E-state index is 12.8. The molecule has 0 spiro atoms. The Bertz CT molecular complexity index is 476. The smallest absolute Gasteiger partial charge is 0.270 e. The van der Waals surface area contributed by atoms with Gasteiger partial charge in [-0.3, -0.25) is 4.79 Å². The number of hydrogen-bond donors (Lipinski definition) is 1. The summed E-state index contributed by atoms with van der Waals surface area (Å²) in [5.74, 6) is 0.835. The molecular weight excluding hydrogens is 250 g/mol. The van der Waals surface area contributed by atoms with E-state index in [2.05, 4.69) is 34.8 Å². The van der Waals surface area contributed by atoms with Gasteiger partial charge in [-0.25, -0.2) is 0 Å². The zero-order chi connectivity index (χ0) is 14.1. The van der Waals surface area contributed by atoms with E-state index in [1.54, 1.807) is 0 Å². The van der Waals surface area contributed by atoms with Crippen molar-refractivity contribution in [3.05, 3.63) is 24.0 Å². The average Bonchev–Trinajstić information content (AvgIpc) is 3.05. The largest absolute Gasteiger partial charge is 0.340 e. The predicted octanol–water partition coefficient (Wildman–Crippen LogP) is 2.28. The van der Waals surface area contributed by atoms with Crippen molar-refractivity contribution in [1.29, 1.82) is 0 Å². The van der Waals surface area contributed by atoms with Crippen LogP contribution in [0, 0.1) is 5.92 Å². The zero-order valence-electron chi connectivity index (χ0n) is 12.5. The molecule has 1 N–H and O–H groups in total. The van der Waals surface area contributed by atoms with Gasteiger partial charge in [-0.1, -0.05) is 6.92 Å².